The van der Waals surface area contributed by atoms with Gasteiger partial charge in [0.15, 0.2) is 11.4 Å². The number of nitrogens with one attached hydrogen (secondary N) is 1. The van der Waals surface area contributed by atoms with Crippen LogP contribution >= 0.6 is 11.3 Å². The first kappa shape index (κ1) is 19.0. The van der Waals surface area contributed by atoms with E-state index in [1.165, 1.54) is 11.3 Å². The molecule has 8 heteroatoms. The Hall–Kier alpha value is -2.29. The Morgan fingerprint density at radius 3 is 2.79 bits per heavy atom. The molecule has 1 N–H and O–H groups in total. The molecule has 1 atom stereocenters. The minimum atomic E-state index is -0.205. The van der Waals surface area contributed by atoms with E-state index in [9.17, 15) is 9.59 Å². The Morgan fingerprint density at radius 2 is 2.00 bits per heavy atom. The molecule has 0 saturated carbocycles. The molecule has 0 spiro atoms. The normalized spacial score (nSPS) is 20.3. The molecule has 0 bridgehead atoms. The molecule has 2 aromatic rings. The van der Waals surface area contributed by atoms with Crippen molar-refractivity contribution in [1.82, 2.24) is 9.88 Å². The van der Waals surface area contributed by atoms with Gasteiger partial charge < -0.3 is 14.4 Å². The van der Waals surface area contributed by atoms with Gasteiger partial charge >= 0.3 is 0 Å². The first-order chi connectivity index (χ1) is 13.7. The summed E-state index contributed by atoms with van der Waals surface area (Å²) in [7, 11) is 0. The number of amides is 2. The molecule has 2 amide bonds. The van der Waals surface area contributed by atoms with Crippen LogP contribution in [-0.2, 0) is 20.7 Å². The summed E-state index contributed by atoms with van der Waals surface area (Å²) in [6, 6.07) is 8.98. The van der Waals surface area contributed by atoms with E-state index in [0.717, 1.165) is 19.4 Å². The summed E-state index contributed by atoms with van der Waals surface area (Å²) in [5, 5.41) is 5.11. The lowest BCUT2D eigenvalue weighted by atomic mass is 9.97. The lowest BCUT2D eigenvalue weighted by Gasteiger charge is -2.34. The monoisotopic (exact) mass is 401 g/mol. The second kappa shape index (κ2) is 8.81. The minimum Gasteiger partial charge on any atom is -0.350 e. The van der Waals surface area contributed by atoms with E-state index >= 15 is 0 Å². The summed E-state index contributed by atoms with van der Waals surface area (Å²) in [6.07, 6.45) is 2.02. The van der Waals surface area contributed by atoms with Gasteiger partial charge in [0.1, 0.15) is 0 Å². The maximum Gasteiger partial charge on any atom is 0.257 e. The van der Waals surface area contributed by atoms with E-state index in [-0.39, 0.29) is 30.4 Å². The maximum atomic E-state index is 12.7. The standard InChI is InChI=1S/C20H23N3O4S/c24-17(23-8-4-7-15(12-23)19-26-9-10-27-19)11-16-13-28-20(21-16)22-18(25)14-5-2-1-3-6-14/h1-3,5-6,13,15,19H,4,7-12H2,(H,21,22,25). The van der Waals surface area contributed by atoms with Gasteiger partial charge in [0.2, 0.25) is 5.91 Å². The molecule has 3 heterocycles. The molecule has 2 aliphatic rings. The molecule has 0 radical (unpaired) electrons. The van der Waals surface area contributed by atoms with Gasteiger partial charge in [0.05, 0.1) is 25.3 Å². The Kier molecular flexibility index (Phi) is 5.99. The van der Waals surface area contributed by atoms with Crippen molar-refractivity contribution < 1.29 is 19.1 Å². The summed E-state index contributed by atoms with van der Waals surface area (Å²) in [4.78, 5) is 31.2. The van der Waals surface area contributed by atoms with Crippen molar-refractivity contribution >= 4 is 28.3 Å². The van der Waals surface area contributed by atoms with Crippen LogP contribution in [0.5, 0.6) is 0 Å². The molecule has 2 fully saturated rings. The maximum absolute atomic E-state index is 12.7. The van der Waals surface area contributed by atoms with Crippen LogP contribution in [0.25, 0.3) is 0 Å². The van der Waals surface area contributed by atoms with E-state index in [2.05, 4.69) is 10.3 Å². The zero-order valence-electron chi connectivity index (χ0n) is 15.5. The van der Waals surface area contributed by atoms with Crippen LogP contribution < -0.4 is 5.32 Å². The third-order valence-electron chi connectivity index (χ3n) is 4.98. The number of carbonyl (C=O) groups is 2. The van der Waals surface area contributed by atoms with Crippen molar-refractivity contribution in [2.24, 2.45) is 5.92 Å². The highest BCUT2D eigenvalue weighted by Crippen LogP contribution is 2.25. The molecule has 28 heavy (non-hydrogen) atoms. The number of likely N-dealkylation sites (tertiary alicyclic amines) is 1. The van der Waals surface area contributed by atoms with Gasteiger partial charge in [-0.25, -0.2) is 4.98 Å². The van der Waals surface area contributed by atoms with E-state index in [1.807, 2.05) is 28.5 Å². The van der Waals surface area contributed by atoms with Crippen LogP contribution in [-0.4, -0.2) is 54.3 Å². The number of hydrogen-bond acceptors (Lipinski definition) is 6. The SMILES string of the molecule is O=C(Nc1nc(CC(=O)N2CCCC(C3OCCO3)C2)cs1)c1ccccc1. The Labute approximate surface area is 167 Å². The van der Waals surface area contributed by atoms with Crippen molar-refractivity contribution in [3.05, 3.63) is 47.0 Å². The molecule has 1 aromatic carbocycles. The van der Waals surface area contributed by atoms with Gasteiger partial charge in [-0.2, -0.15) is 0 Å². The lowest BCUT2D eigenvalue weighted by molar-refractivity contribution is -0.138. The molecular formula is C20H23N3O4S. The van der Waals surface area contributed by atoms with Crippen molar-refractivity contribution in [2.45, 2.75) is 25.6 Å². The zero-order chi connectivity index (χ0) is 19.3. The predicted molar refractivity (Wildman–Crippen MR) is 105 cm³/mol. The number of carbonyl (C=O) groups excluding carboxylic acids is 2. The van der Waals surface area contributed by atoms with Gasteiger partial charge in [0, 0.05) is 30.0 Å². The molecule has 0 aliphatic carbocycles. The van der Waals surface area contributed by atoms with E-state index < -0.39 is 0 Å². The molecule has 2 aliphatic heterocycles. The van der Waals surface area contributed by atoms with Gasteiger partial charge in [-0.05, 0) is 25.0 Å². The van der Waals surface area contributed by atoms with Crippen LogP contribution in [0, 0.1) is 5.92 Å². The molecular weight excluding hydrogens is 378 g/mol. The highest BCUT2D eigenvalue weighted by Gasteiger charge is 2.32. The number of piperidine rings is 1. The largest absolute Gasteiger partial charge is 0.350 e. The second-order valence-corrected chi connectivity index (χ2v) is 7.85. The fraction of sp³-hybridized carbons (Fsp3) is 0.450. The average molecular weight is 401 g/mol. The summed E-state index contributed by atoms with van der Waals surface area (Å²) in [5.74, 6) is 0.0774. The van der Waals surface area contributed by atoms with Crippen molar-refractivity contribution in [3.63, 3.8) is 0 Å². The number of nitrogens with zero attached hydrogens (tertiary/aromatic N) is 2. The molecule has 1 unspecified atom stereocenters. The Bertz CT molecular complexity index is 820. The summed E-state index contributed by atoms with van der Waals surface area (Å²) < 4.78 is 11.2. The number of hydrogen-bond donors (Lipinski definition) is 1. The summed E-state index contributed by atoms with van der Waals surface area (Å²) >= 11 is 1.33. The van der Waals surface area contributed by atoms with Crippen molar-refractivity contribution in [2.75, 3.05) is 31.6 Å². The van der Waals surface area contributed by atoms with Gasteiger partial charge in [-0.15, -0.1) is 11.3 Å². The van der Waals surface area contributed by atoms with Crippen molar-refractivity contribution in [3.8, 4) is 0 Å². The fourth-order valence-corrected chi connectivity index (χ4v) is 4.28. The average Bonchev–Trinajstić information content (AvgIpc) is 3.41. The molecule has 1 aromatic heterocycles. The Balaban J connectivity index is 1.32. The number of anilines is 1. The van der Waals surface area contributed by atoms with Crippen LogP contribution in [0.2, 0.25) is 0 Å². The third kappa shape index (κ3) is 4.57. The van der Waals surface area contributed by atoms with E-state index in [4.69, 9.17) is 9.47 Å². The van der Waals surface area contributed by atoms with Crippen molar-refractivity contribution in [1.29, 1.82) is 0 Å². The van der Waals surface area contributed by atoms with Crippen LogP contribution in [0.4, 0.5) is 5.13 Å². The van der Waals surface area contributed by atoms with Gasteiger partial charge in [0.25, 0.3) is 5.91 Å². The lowest BCUT2D eigenvalue weighted by Crippen LogP contribution is -2.44. The molecule has 4 rings (SSSR count). The predicted octanol–water partition coefficient (Wildman–Crippen LogP) is 2.55. The van der Waals surface area contributed by atoms with Crippen LogP contribution in [0.1, 0.15) is 28.9 Å². The van der Waals surface area contributed by atoms with E-state index in [1.54, 1.807) is 12.1 Å². The highest BCUT2D eigenvalue weighted by molar-refractivity contribution is 7.14. The molecule has 2 saturated heterocycles. The minimum absolute atomic E-state index is 0.0499. The topological polar surface area (TPSA) is 80.8 Å². The summed E-state index contributed by atoms with van der Waals surface area (Å²) in [5.41, 5.74) is 1.25. The second-order valence-electron chi connectivity index (χ2n) is 6.99. The first-order valence-electron chi connectivity index (χ1n) is 9.51. The highest BCUT2D eigenvalue weighted by atomic mass is 32.1. The van der Waals surface area contributed by atoms with Crippen LogP contribution in [0.3, 0.4) is 0 Å². The van der Waals surface area contributed by atoms with Crippen LogP contribution in [0.15, 0.2) is 35.7 Å². The van der Waals surface area contributed by atoms with E-state index in [0.29, 0.717) is 36.1 Å². The Morgan fingerprint density at radius 1 is 1.21 bits per heavy atom. The molecule has 7 nitrogen and oxygen atoms in total. The number of aromatic nitrogens is 1. The molecule has 148 valence electrons. The summed E-state index contributed by atoms with van der Waals surface area (Å²) in [6.45, 7) is 2.67. The fourth-order valence-electron chi connectivity index (χ4n) is 3.58. The van der Waals surface area contributed by atoms with Gasteiger partial charge in [-0.3, -0.25) is 14.9 Å². The quantitative estimate of drug-likeness (QED) is 0.833. The number of ether oxygens (including phenoxy) is 2. The first-order valence-corrected chi connectivity index (χ1v) is 10.4. The number of thiazole rings is 1. The number of rotatable bonds is 5. The number of benzene rings is 1. The zero-order valence-corrected chi connectivity index (χ0v) is 16.3. The smallest absolute Gasteiger partial charge is 0.257 e. The third-order valence-corrected chi connectivity index (χ3v) is 5.79. The van der Waals surface area contributed by atoms with Gasteiger partial charge in [-0.1, -0.05) is 18.2 Å².